The van der Waals surface area contributed by atoms with Crippen LogP contribution in [0, 0.1) is 35.3 Å². The summed E-state index contributed by atoms with van der Waals surface area (Å²) in [5.41, 5.74) is 13.7. The summed E-state index contributed by atoms with van der Waals surface area (Å²) in [6.07, 6.45) is 13.6. The number of aromatic nitrogens is 2. The van der Waals surface area contributed by atoms with Crippen molar-refractivity contribution in [3.8, 4) is 44.8 Å². The quantitative estimate of drug-likeness (QED) is 0.112. The largest absolute Gasteiger partial charge is 0.501 e. The van der Waals surface area contributed by atoms with Gasteiger partial charge < -0.3 is 9.40 Å². The maximum absolute atomic E-state index is 6.46. The third-order valence-corrected chi connectivity index (χ3v) is 17.4. The van der Waals surface area contributed by atoms with Gasteiger partial charge in [-0.15, -0.1) is 18.2 Å². The summed E-state index contributed by atoms with van der Waals surface area (Å²) in [4.78, 5) is 9.60. The van der Waals surface area contributed by atoms with Gasteiger partial charge >= 0.3 is 167 Å². The Balaban J connectivity index is 0.000000173. The fourth-order valence-corrected chi connectivity index (χ4v) is 13.3. The molecule has 3 fully saturated rings. The number of hydrogen-bond acceptors (Lipinski definition) is 3. The molecule has 0 saturated heterocycles. The minimum atomic E-state index is -1.97. The smallest absolute Gasteiger partial charge is 0.121 e. The van der Waals surface area contributed by atoms with Crippen LogP contribution in [0.15, 0.2) is 144 Å². The summed E-state index contributed by atoms with van der Waals surface area (Å²) in [7, 11) is 0. The topological polar surface area (TPSA) is 38.9 Å². The van der Waals surface area contributed by atoms with E-state index in [1.807, 2.05) is 24.4 Å². The van der Waals surface area contributed by atoms with Crippen molar-refractivity contribution in [3.63, 3.8) is 0 Å². The molecule has 11 rings (SSSR count). The Labute approximate surface area is 385 Å². The van der Waals surface area contributed by atoms with Gasteiger partial charge in [-0.25, -0.2) is 0 Å². The molecule has 5 heteroatoms. The molecule has 62 heavy (non-hydrogen) atoms. The molecule has 0 aliphatic heterocycles. The molecule has 3 heterocycles. The number of rotatable bonds is 8. The molecule has 1 atom stereocenters. The molecule has 0 spiro atoms. The molecule has 1 radical (unpaired) electrons. The average molecular weight is 1050 g/mol. The van der Waals surface area contributed by atoms with E-state index in [2.05, 4.69) is 166 Å². The monoisotopic (exact) mass is 1050 g/mol. The third kappa shape index (κ3) is 9.94. The van der Waals surface area contributed by atoms with Crippen LogP contribution in [0.2, 0.25) is 17.3 Å². The molecule has 1 unspecified atom stereocenters. The van der Waals surface area contributed by atoms with Crippen molar-refractivity contribution < 1.29 is 24.5 Å². The van der Waals surface area contributed by atoms with E-state index in [9.17, 15) is 0 Å². The second kappa shape index (κ2) is 18.6. The molecule has 8 aromatic rings. The number of furan rings is 1. The van der Waals surface area contributed by atoms with Crippen molar-refractivity contribution >= 4 is 39.6 Å². The van der Waals surface area contributed by atoms with E-state index in [-0.39, 0.29) is 25.5 Å². The molecule has 3 saturated carbocycles. The third-order valence-electron chi connectivity index (χ3n) is 13.0. The molecule has 3 aromatic heterocycles. The summed E-state index contributed by atoms with van der Waals surface area (Å²) in [6, 6.07) is 51.5. The van der Waals surface area contributed by atoms with E-state index < -0.39 is 13.3 Å². The Kier molecular flexibility index (Phi) is 13.2. The molecule has 3 nitrogen and oxygen atoms in total. The summed E-state index contributed by atoms with van der Waals surface area (Å²) < 4.78 is 7.98. The number of nitrogens with zero attached hydrogens (tertiary/aromatic N) is 2. The van der Waals surface area contributed by atoms with Crippen LogP contribution in [-0.4, -0.2) is 23.2 Å². The van der Waals surface area contributed by atoms with Crippen LogP contribution in [0.1, 0.15) is 64.0 Å². The summed E-state index contributed by atoms with van der Waals surface area (Å²) in [5.74, 6) is 10.1. The number of fused-ring (bicyclic) bond motifs is 6. The SMILES string of the molecule is CC(C)(C)Cc1cc(-c2[c-]ccc(-c3ccccc3)c2)nc[c]1[Ge]([CH3])([CH3])[CH3].[Ir].[c-]1ccc2c(oc3cc(-c4ccccc4)ccc32)c1-c1cc(CC2CC3CCC2CC3)ccn1. The molecule has 0 amide bonds. The van der Waals surface area contributed by atoms with E-state index >= 15 is 0 Å². The van der Waals surface area contributed by atoms with E-state index in [0.29, 0.717) is 0 Å². The summed E-state index contributed by atoms with van der Waals surface area (Å²) in [5, 5.41) is 2.26. The normalized spacial score (nSPS) is 17.4. The minimum Gasteiger partial charge on any atom is -0.501 e. The fraction of sp³-hybridized carbons (Fsp3) is 0.298. The van der Waals surface area contributed by atoms with Gasteiger partial charge in [-0.1, -0.05) is 77.9 Å². The predicted octanol–water partition coefficient (Wildman–Crippen LogP) is 14.8. The maximum Gasteiger partial charge on any atom is 0.121 e. The first kappa shape index (κ1) is 44.0. The molecular weight excluding hydrogens is 993 g/mol. The van der Waals surface area contributed by atoms with E-state index in [1.54, 1.807) is 0 Å². The Morgan fingerprint density at radius 3 is 2.03 bits per heavy atom. The van der Waals surface area contributed by atoms with Gasteiger partial charge in [0.2, 0.25) is 0 Å². The van der Waals surface area contributed by atoms with Crippen LogP contribution in [0.5, 0.6) is 0 Å². The van der Waals surface area contributed by atoms with Gasteiger partial charge in [0.1, 0.15) is 5.58 Å². The van der Waals surface area contributed by atoms with Crippen LogP contribution >= 0.6 is 0 Å². The summed E-state index contributed by atoms with van der Waals surface area (Å²) >= 11 is -1.97. The fourth-order valence-electron chi connectivity index (χ4n) is 10.0. The van der Waals surface area contributed by atoms with Gasteiger partial charge in [-0.05, 0) is 72.4 Å². The average Bonchev–Trinajstić information content (AvgIpc) is 3.65. The molecule has 2 bridgehead atoms. The molecule has 3 aliphatic rings. The Morgan fingerprint density at radius 2 is 1.37 bits per heavy atom. The number of hydrogen-bond donors (Lipinski definition) is 0. The van der Waals surface area contributed by atoms with Crippen molar-refractivity contribution in [2.45, 2.75) is 83.0 Å². The van der Waals surface area contributed by atoms with Crippen molar-refractivity contribution in [3.05, 3.63) is 163 Å². The van der Waals surface area contributed by atoms with Crippen LogP contribution < -0.4 is 4.40 Å². The molecule has 0 N–H and O–H groups in total. The first-order valence-electron chi connectivity index (χ1n) is 22.4. The first-order valence-corrected chi connectivity index (χ1v) is 29.7. The number of pyridine rings is 2. The van der Waals surface area contributed by atoms with Crippen LogP contribution in [0.25, 0.3) is 66.7 Å². The zero-order valence-corrected chi connectivity index (χ0v) is 41.6. The summed E-state index contributed by atoms with van der Waals surface area (Å²) in [6.45, 7) is 6.94. The van der Waals surface area contributed by atoms with E-state index in [4.69, 9.17) is 14.4 Å². The Morgan fingerprint density at radius 1 is 0.677 bits per heavy atom. The van der Waals surface area contributed by atoms with E-state index in [0.717, 1.165) is 68.6 Å². The molecule has 3 aliphatic carbocycles. The van der Waals surface area contributed by atoms with Gasteiger partial charge in [0.25, 0.3) is 0 Å². The molecular formula is C57H58GeIrN2O-2. The van der Waals surface area contributed by atoms with E-state index in [1.165, 1.54) is 76.3 Å². The van der Waals surface area contributed by atoms with Gasteiger partial charge in [0.15, 0.2) is 0 Å². The molecule has 5 aromatic carbocycles. The van der Waals surface area contributed by atoms with Crippen LogP contribution in [0.3, 0.4) is 0 Å². The first-order chi connectivity index (χ1) is 29.4. The van der Waals surface area contributed by atoms with Gasteiger partial charge in [0.05, 0.1) is 5.58 Å². The Bertz CT molecular complexity index is 2770. The predicted molar refractivity (Wildman–Crippen MR) is 259 cm³/mol. The Hall–Kier alpha value is -4.61. The van der Waals surface area contributed by atoms with Crippen molar-refractivity contribution in [2.24, 2.45) is 23.2 Å². The number of benzene rings is 5. The zero-order valence-electron chi connectivity index (χ0n) is 37.1. The van der Waals surface area contributed by atoms with Crippen LogP contribution in [-0.2, 0) is 32.9 Å². The minimum absolute atomic E-state index is 0. The van der Waals surface area contributed by atoms with Crippen molar-refractivity contribution in [1.82, 2.24) is 9.97 Å². The van der Waals surface area contributed by atoms with Crippen LogP contribution in [0.4, 0.5) is 0 Å². The van der Waals surface area contributed by atoms with Gasteiger partial charge in [-0.3, -0.25) is 0 Å². The zero-order chi connectivity index (χ0) is 42.1. The van der Waals surface area contributed by atoms with Crippen molar-refractivity contribution in [1.29, 1.82) is 0 Å². The van der Waals surface area contributed by atoms with Crippen molar-refractivity contribution in [2.75, 3.05) is 0 Å². The second-order valence-corrected chi connectivity index (χ2v) is 30.4. The van der Waals surface area contributed by atoms with Gasteiger partial charge in [-0.2, -0.15) is 0 Å². The molecule has 317 valence electrons. The second-order valence-electron chi connectivity index (χ2n) is 19.9. The van der Waals surface area contributed by atoms with Gasteiger partial charge in [0, 0.05) is 31.7 Å². The maximum atomic E-state index is 6.46. The standard InChI is InChI=1S/C32H28NO.C25H30GeN.Ir/c1-2-5-23(6-3-1)25-13-14-27-28-7-4-8-29(32(28)34-31(27)20-25)30-19-22(15-16-33-30)18-26-17-21-9-11-24(26)12-10-21;1-25(2,3)17-22-16-24(27-18-23(22)26(4,5)6)21-14-10-13-20(15-21)19-11-8-7-9-12-19;/h1-7,13-16,19-21,24,26H,9-12,17-18H2;7-13,15-16,18H,17H2,1-6H3;/q2*-1;.